The molecular formula is C13H17Cl3O2Si2. The van der Waals surface area contributed by atoms with Gasteiger partial charge < -0.3 is 8.85 Å². The van der Waals surface area contributed by atoms with Gasteiger partial charge in [0.05, 0.1) is 6.61 Å². The van der Waals surface area contributed by atoms with Gasteiger partial charge in [0, 0.05) is 5.56 Å². The second-order valence-electron chi connectivity index (χ2n) is 5.02. The Labute approximate surface area is 136 Å². The lowest BCUT2D eigenvalue weighted by molar-refractivity contribution is 0.216. The van der Waals surface area contributed by atoms with Crippen molar-refractivity contribution in [3.63, 3.8) is 0 Å². The molecule has 20 heavy (non-hydrogen) atoms. The van der Waals surface area contributed by atoms with Gasteiger partial charge in [0.2, 0.25) is 0 Å². The minimum absolute atomic E-state index is 0.580. The fourth-order valence-corrected chi connectivity index (χ4v) is 5.18. The average molecular weight is 368 g/mol. The zero-order chi connectivity index (χ0) is 14.8. The molecule has 0 aromatic heterocycles. The first kappa shape index (κ1) is 16.4. The highest BCUT2D eigenvalue weighted by Gasteiger charge is 2.34. The Morgan fingerprint density at radius 1 is 1.40 bits per heavy atom. The van der Waals surface area contributed by atoms with Crippen LogP contribution in [0.3, 0.4) is 0 Å². The first-order chi connectivity index (χ1) is 9.31. The number of hydrogen-bond donors (Lipinski definition) is 0. The number of rotatable bonds is 5. The van der Waals surface area contributed by atoms with Gasteiger partial charge in [-0.15, -0.1) is 39.8 Å². The van der Waals surface area contributed by atoms with Crippen LogP contribution in [0, 0.1) is 0 Å². The summed E-state index contributed by atoms with van der Waals surface area (Å²) in [6.45, 7) is 6.36. The molecule has 1 atom stereocenters. The van der Waals surface area contributed by atoms with Crippen molar-refractivity contribution >= 4 is 47.8 Å². The molecule has 2 rings (SSSR count). The molecule has 0 amide bonds. The molecule has 0 fully saturated rings. The van der Waals surface area contributed by atoms with Gasteiger partial charge in [-0.05, 0) is 48.8 Å². The van der Waals surface area contributed by atoms with Crippen molar-refractivity contribution in [1.82, 2.24) is 0 Å². The highest BCUT2D eigenvalue weighted by Crippen LogP contribution is 2.31. The van der Waals surface area contributed by atoms with E-state index >= 15 is 0 Å². The minimum atomic E-state index is -2.50. The lowest BCUT2D eigenvalue weighted by atomic mass is 10.1. The molecule has 0 spiro atoms. The molecule has 1 aliphatic heterocycles. The largest absolute Gasteiger partial charge is 0.517 e. The number of hydrogen-bond acceptors (Lipinski definition) is 2. The van der Waals surface area contributed by atoms with Crippen molar-refractivity contribution in [3.05, 3.63) is 41.6 Å². The second-order valence-corrected chi connectivity index (χ2v) is 17.2. The molecule has 0 aliphatic carbocycles. The van der Waals surface area contributed by atoms with Crippen LogP contribution in [0.4, 0.5) is 0 Å². The number of halogens is 3. The maximum atomic E-state index is 5.92. The van der Waals surface area contributed by atoms with Crippen LogP contribution in [0.5, 0.6) is 5.75 Å². The third-order valence-electron chi connectivity index (χ3n) is 3.25. The van der Waals surface area contributed by atoms with E-state index in [1.807, 2.05) is 12.6 Å². The summed E-state index contributed by atoms with van der Waals surface area (Å²) in [5.41, 5.74) is 4.11. The molecule has 1 aromatic rings. The highest BCUT2D eigenvalue weighted by molar-refractivity contribution is 7.64. The zero-order valence-electron chi connectivity index (χ0n) is 11.3. The Morgan fingerprint density at radius 2 is 2.15 bits per heavy atom. The Hall–Kier alpha value is 0.0238. The first-order valence-electron chi connectivity index (χ1n) is 6.46. The van der Waals surface area contributed by atoms with Crippen LogP contribution in [0.2, 0.25) is 12.6 Å². The summed E-state index contributed by atoms with van der Waals surface area (Å²) in [4.78, 5) is 0. The molecule has 1 heterocycles. The molecule has 0 bridgehead atoms. The van der Waals surface area contributed by atoms with Crippen molar-refractivity contribution < 1.29 is 8.85 Å². The Balaban J connectivity index is 2.01. The summed E-state index contributed by atoms with van der Waals surface area (Å²) in [5.74, 6) is 0.907. The summed E-state index contributed by atoms with van der Waals surface area (Å²) >= 11 is 17.7. The third-order valence-corrected chi connectivity index (χ3v) is 7.95. The topological polar surface area (TPSA) is 18.5 Å². The molecule has 1 unspecified atom stereocenters. The average Bonchev–Trinajstić information content (AvgIpc) is 2.37. The molecule has 2 nitrogen and oxygen atoms in total. The summed E-state index contributed by atoms with van der Waals surface area (Å²) in [6, 6.07) is 4.38. The zero-order valence-corrected chi connectivity index (χ0v) is 15.6. The van der Waals surface area contributed by atoms with Gasteiger partial charge in [0.1, 0.15) is 5.75 Å². The van der Waals surface area contributed by atoms with Crippen LogP contribution >= 0.6 is 33.2 Å². The van der Waals surface area contributed by atoms with Gasteiger partial charge in [0.15, 0.2) is 0 Å². The predicted molar refractivity (Wildman–Crippen MR) is 90.1 cm³/mol. The normalized spacial score (nSPS) is 22.0. The van der Waals surface area contributed by atoms with Gasteiger partial charge in [-0.25, -0.2) is 0 Å². The number of benzene rings is 1. The Bertz CT molecular complexity index is 505. The quantitative estimate of drug-likeness (QED) is 0.539. The van der Waals surface area contributed by atoms with Crippen molar-refractivity contribution in [1.29, 1.82) is 0 Å². The molecule has 1 aliphatic rings. The molecule has 0 radical (unpaired) electrons. The monoisotopic (exact) mass is 366 g/mol. The van der Waals surface area contributed by atoms with Crippen molar-refractivity contribution in [2.45, 2.75) is 32.0 Å². The van der Waals surface area contributed by atoms with E-state index in [4.69, 9.17) is 42.1 Å². The first-order valence-corrected chi connectivity index (χ1v) is 14.1. The van der Waals surface area contributed by atoms with E-state index in [2.05, 4.69) is 18.7 Å². The van der Waals surface area contributed by atoms with Gasteiger partial charge in [0.25, 0.3) is 0 Å². The van der Waals surface area contributed by atoms with Gasteiger partial charge >= 0.3 is 14.6 Å². The molecule has 0 saturated heterocycles. The lowest BCUT2D eigenvalue weighted by Crippen LogP contribution is -2.42. The lowest BCUT2D eigenvalue weighted by Gasteiger charge is -2.31. The van der Waals surface area contributed by atoms with Crippen LogP contribution in [-0.4, -0.2) is 14.6 Å². The van der Waals surface area contributed by atoms with Crippen molar-refractivity contribution in [2.75, 3.05) is 0 Å². The molecule has 110 valence electrons. The standard InChI is InChI=1S/C13H17Cl3O2Si2/c1-3-19(2)17-10-12-9-11(6-7-13(12)18-19)5-4-8-20(14,15)16/h3,6-7,9H,1,4-5,8,10H2,2H3. The molecule has 7 heteroatoms. The van der Waals surface area contributed by atoms with E-state index in [0.29, 0.717) is 12.7 Å². The van der Waals surface area contributed by atoms with Gasteiger partial charge in [-0.1, -0.05) is 6.07 Å². The fourth-order valence-electron chi connectivity index (χ4n) is 2.06. The van der Waals surface area contributed by atoms with Gasteiger partial charge in [-0.3, -0.25) is 0 Å². The molecule has 0 N–H and O–H groups in total. The van der Waals surface area contributed by atoms with E-state index in [9.17, 15) is 0 Å². The second kappa shape index (κ2) is 6.42. The number of fused-ring (bicyclic) bond motifs is 1. The summed E-state index contributed by atoms with van der Waals surface area (Å²) in [5, 5.41) is 0. The maximum absolute atomic E-state index is 5.92. The summed E-state index contributed by atoms with van der Waals surface area (Å²) in [6.07, 6.45) is 1.80. The molecule has 1 aromatic carbocycles. The molecule has 0 saturated carbocycles. The van der Waals surface area contributed by atoms with Crippen molar-refractivity contribution in [2.24, 2.45) is 0 Å². The summed E-state index contributed by atoms with van der Waals surface area (Å²) < 4.78 is 11.7. The summed E-state index contributed by atoms with van der Waals surface area (Å²) in [7, 11) is -2.21. The smallest absolute Gasteiger partial charge is 0.422 e. The van der Waals surface area contributed by atoms with Crippen LogP contribution in [-0.2, 0) is 17.5 Å². The van der Waals surface area contributed by atoms with E-state index < -0.39 is 14.6 Å². The molecular weight excluding hydrogens is 351 g/mol. The van der Waals surface area contributed by atoms with Crippen LogP contribution in [0.25, 0.3) is 0 Å². The van der Waals surface area contributed by atoms with Crippen LogP contribution in [0.1, 0.15) is 17.5 Å². The van der Waals surface area contributed by atoms with E-state index in [1.54, 1.807) is 5.70 Å². The van der Waals surface area contributed by atoms with Crippen LogP contribution in [0.15, 0.2) is 30.5 Å². The number of aryl methyl sites for hydroxylation is 1. The Morgan fingerprint density at radius 3 is 2.80 bits per heavy atom. The minimum Gasteiger partial charge on any atom is -0.517 e. The predicted octanol–water partition coefficient (Wildman–Crippen LogP) is 4.98. The van der Waals surface area contributed by atoms with E-state index in [1.165, 1.54) is 5.56 Å². The fraction of sp³-hybridized carbons (Fsp3) is 0.385. The van der Waals surface area contributed by atoms with Crippen molar-refractivity contribution in [3.8, 4) is 5.75 Å². The van der Waals surface area contributed by atoms with E-state index in [-0.39, 0.29) is 0 Å². The maximum Gasteiger partial charge on any atom is 0.422 e. The third kappa shape index (κ3) is 4.51. The Kier molecular flexibility index (Phi) is 5.26. The SMILES string of the molecule is C=C[Si]1(C)OCc2cc(CCC[Si](Cl)(Cl)Cl)ccc2O1. The van der Waals surface area contributed by atoms with Crippen LogP contribution < -0.4 is 4.43 Å². The van der Waals surface area contributed by atoms with E-state index in [0.717, 1.165) is 24.2 Å². The van der Waals surface area contributed by atoms with Gasteiger partial charge in [-0.2, -0.15) is 0 Å². The highest BCUT2D eigenvalue weighted by atomic mass is 35.8.